The maximum atomic E-state index is 13.0. The SMILES string of the molecule is C=CC(=O)N1CCC(C(=O)N2CCN(S(=O)(=O)c3cc([N+](=O)[O-])ccc3C)CC2)C1. The number of hydrogen-bond acceptors (Lipinski definition) is 6. The molecule has 2 amide bonds. The number of benzene rings is 1. The minimum absolute atomic E-state index is 0.0852. The molecule has 1 atom stereocenters. The fourth-order valence-corrected chi connectivity index (χ4v) is 5.48. The van der Waals surface area contributed by atoms with Crippen molar-refractivity contribution in [1.82, 2.24) is 14.1 Å². The third-order valence-electron chi connectivity index (χ3n) is 5.57. The lowest BCUT2D eigenvalue weighted by Crippen LogP contribution is -2.52. The number of nitro groups is 1. The summed E-state index contributed by atoms with van der Waals surface area (Å²) in [6.45, 7) is 6.58. The van der Waals surface area contributed by atoms with Gasteiger partial charge in [0.1, 0.15) is 0 Å². The molecule has 10 nitrogen and oxygen atoms in total. The van der Waals surface area contributed by atoms with Gasteiger partial charge in [-0.15, -0.1) is 0 Å². The fraction of sp³-hybridized carbons (Fsp3) is 0.474. The molecule has 0 N–H and O–H groups in total. The number of carbonyl (C=O) groups excluding carboxylic acids is 2. The van der Waals surface area contributed by atoms with Gasteiger partial charge in [-0.2, -0.15) is 4.31 Å². The molecule has 30 heavy (non-hydrogen) atoms. The Labute approximate surface area is 174 Å². The van der Waals surface area contributed by atoms with Crippen molar-refractivity contribution in [1.29, 1.82) is 0 Å². The number of amides is 2. The van der Waals surface area contributed by atoms with E-state index in [0.717, 1.165) is 6.07 Å². The summed E-state index contributed by atoms with van der Waals surface area (Å²) in [6.07, 6.45) is 1.80. The fourth-order valence-electron chi connectivity index (χ4n) is 3.82. The zero-order valence-electron chi connectivity index (χ0n) is 16.7. The second kappa shape index (κ2) is 8.52. The summed E-state index contributed by atoms with van der Waals surface area (Å²) in [7, 11) is -3.91. The van der Waals surface area contributed by atoms with Crippen LogP contribution in [-0.4, -0.2) is 78.5 Å². The summed E-state index contributed by atoms with van der Waals surface area (Å²) in [6, 6.07) is 3.76. The first kappa shape index (κ1) is 21.9. The van der Waals surface area contributed by atoms with Crippen molar-refractivity contribution in [2.45, 2.75) is 18.2 Å². The highest BCUT2D eigenvalue weighted by Gasteiger charge is 2.36. The maximum absolute atomic E-state index is 13.0. The second-order valence-electron chi connectivity index (χ2n) is 7.41. The Bertz CT molecular complexity index is 985. The average Bonchev–Trinajstić information content (AvgIpc) is 3.23. The Hall–Kier alpha value is -2.79. The van der Waals surface area contributed by atoms with Crippen molar-refractivity contribution in [2.75, 3.05) is 39.3 Å². The van der Waals surface area contributed by atoms with E-state index in [0.29, 0.717) is 25.1 Å². The molecule has 0 saturated carbocycles. The van der Waals surface area contributed by atoms with Crippen LogP contribution in [0.5, 0.6) is 0 Å². The summed E-state index contributed by atoms with van der Waals surface area (Å²) in [5.41, 5.74) is 0.143. The molecule has 3 rings (SSSR count). The van der Waals surface area contributed by atoms with Crippen molar-refractivity contribution in [3.8, 4) is 0 Å². The zero-order chi connectivity index (χ0) is 22.1. The van der Waals surface area contributed by atoms with Crippen LogP contribution in [-0.2, 0) is 19.6 Å². The number of nitrogens with zero attached hydrogens (tertiary/aromatic N) is 4. The van der Waals surface area contributed by atoms with E-state index in [4.69, 9.17) is 0 Å². The molecule has 0 aromatic heterocycles. The lowest BCUT2D eigenvalue weighted by Gasteiger charge is -2.35. The van der Waals surface area contributed by atoms with Gasteiger partial charge in [-0.05, 0) is 25.0 Å². The molecule has 1 aromatic carbocycles. The topological polar surface area (TPSA) is 121 Å². The van der Waals surface area contributed by atoms with Crippen LogP contribution < -0.4 is 0 Å². The van der Waals surface area contributed by atoms with E-state index in [2.05, 4.69) is 6.58 Å². The van der Waals surface area contributed by atoms with Gasteiger partial charge in [-0.3, -0.25) is 19.7 Å². The minimum atomic E-state index is -3.91. The molecule has 2 aliphatic heterocycles. The van der Waals surface area contributed by atoms with Crippen LogP contribution in [0.15, 0.2) is 35.7 Å². The highest BCUT2D eigenvalue weighted by atomic mass is 32.2. The Morgan fingerprint density at radius 2 is 1.83 bits per heavy atom. The van der Waals surface area contributed by atoms with E-state index in [9.17, 15) is 28.1 Å². The molecule has 2 fully saturated rings. The van der Waals surface area contributed by atoms with E-state index in [-0.39, 0.29) is 54.5 Å². The van der Waals surface area contributed by atoms with Crippen molar-refractivity contribution < 1.29 is 22.9 Å². The summed E-state index contributed by atoms with van der Waals surface area (Å²) >= 11 is 0. The first-order valence-electron chi connectivity index (χ1n) is 9.60. The van der Waals surface area contributed by atoms with Crippen molar-refractivity contribution in [3.05, 3.63) is 46.5 Å². The van der Waals surface area contributed by atoms with Crippen LogP contribution in [0.4, 0.5) is 5.69 Å². The molecule has 2 heterocycles. The first-order chi connectivity index (χ1) is 14.1. The number of rotatable bonds is 5. The number of carbonyl (C=O) groups is 2. The van der Waals surface area contributed by atoms with Gasteiger partial charge in [0.15, 0.2) is 0 Å². The third kappa shape index (κ3) is 4.21. The number of likely N-dealkylation sites (tertiary alicyclic amines) is 1. The number of hydrogen-bond donors (Lipinski definition) is 0. The van der Waals surface area contributed by atoms with Gasteiger partial charge < -0.3 is 9.80 Å². The van der Waals surface area contributed by atoms with Gasteiger partial charge in [0.05, 0.1) is 15.7 Å². The van der Waals surface area contributed by atoms with Gasteiger partial charge in [-0.25, -0.2) is 8.42 Å². The molecule has 162 valence electrons. The molecule has 2 aliphatic rings. The minimum Gasteiger partial charge on any atom is -0.340 e. The quantitative estimate of drug-likeness (QED) is 0.382. The molecule has 0 radical (unpaired) electrons. The van der Waals surface area contributed by atoms with Crippen LogP contribution in [0, 0.1) is 23.0 Å². The van der Waals surface area contributed by atoms with E-state index in [1.54, 1.807) is 16.7 Å². The van der Waals surface area contributed by atoms with Gasteiger partial charge in [-0.1, -0.05) is 12.6 Å². The molecule has 1 aromatic rings. The molecule has 1 unspecified atom stereocenters. The lowest BCUT2D eigenvalue weighted by molar-refractivity contribution is -0.385. The van der Waals surface area contributed by atoms with E-state index < -0.39 is 14.9 Å². The highest BCUT2D eigenvalue weighted by molar-refractivity contribution is 7.89. The summed E-state index contributed by atoms with van der Waals surface area (Å²) in [4.78, 5) is 38.0. The van der Waals surface area contributed by atoms with Crippen molar-refractivity contribution >= 4 is 27.5 Å². The molecule has 2 saturated heterocycles. The predicted molar refractivity (Wildman–Crippen MR) is 108 cm³/mol. The van der Waals surface area contributed by atoms with E-state index in [1.807, 2.05) is 0 Å². The molecular weight excluding hydrogens is 412 g/mol. The maximum Gasteiger partial charge on any atom is 0.270 e. The monoisotopic (exact) mass is 436 g/mol. The van der Waals surface area contributed by atoms with Gasteiger partial charge in [0.2, 0.25) is 21.8 Å². The molecule has 11 heteroatoms. The largest absolute Gasteiger partial charge is 0.340 e. The van der Waals surface area contributed by atoms with Crippen molar-refractivity contribution in [2.24, 2.45) is 5.92 Å². The van der Waals surface area contributed by atoms with Crippen LogP contribution in [0.1, 0.15) is 12.0 Å². The first-order valence-corrected chi connectivity index (χ1v) is 11.0. The molecular formula is C19H24N4O6S. The Morgan fingerprint density at radius 3 is 2.43 bits per heavy atom. The summed E-state index contributed by atoms with van der Waals surface area (Å²) in [5, 5.41) is 11.0. The lowest BCUT2D eigenvalue weighted by atomic mass is 10.1. The van der Waals surface area contributed by atoms with Gasteiger partial charge in [0, 0.05) is 51.4 Å². The number of non-ortho nitro benzene ring substituents is 1. The van der Waals surface area contributed by atoms with Crippen LogP contribution >= 0.6 is 0 Å². The number of nitro benzene ring substituents is 1. The van der Waals surface area contributed by atoms with Crippen molar-refractivity contribution in [3.63, 3.8) is 0 Å². The summed E-state index contributed by atoms with van der Waals surface area (Å²) < 4.78 is 27.3. The van der Waals surface area contributed by atoms with E-state index in [1.165, 1.54) is 22.5 Å². The van der Waals surface area contributed by atoms with Gasteiger partial charge >= 0.3 is 0 Å². The third-order valence-corrected chi connectivity index (χ3v) is 7.62. The van der Waals surface area contributed by atoms with Gasteiger partial charge in [0.25, 0.3) is 5.69 Å². The predicted octanol–water partition coefficient (Wildman–Crippen LogP) is 0.771. The zero-order valence-corrected chi connectivity index (χ0v) is 17.5. The normalized spacial score (nSPS) is 20.2. The molecule has 0 aliphatic carbocycles. The van der Waals surface area contributed by atoms with Crippen LogP contribution in [0.25, 0.3) is 0 Å². The Kier molecular flexibility index (Phi) is 6.22. The number of sulfonamides is 1. The summed E-state index contributed by atoms with van der Waals surface area (Å²) in [5.74, 6) is -0.581. The molecule has 0 spiro atoms. The standard InChI is InChI=1S/C19H24N4O6S/c1-3-18(24)21-7-6-15(13-21)19(25)20-8-10-22(11-9-20)30(28,29)17-12-16(23(26)27)5-4-14(17)2/h3-5,12,15H,1,6-11,13H2,2H3. The highest BCUT2D eigenvalue weighted by Crippen LogP contribution is 2.26. The van der Waals surface area contributed by atoms with E-state index >= 15 is 0 Å². The van der Waals surface area contributed by atoms with Crippen LogP contribution in [0.3, 0.4) is 0 Å². The number of aryl methyl sites for hydroxylation is 1. The Balaban J connectivity index is 1.66. The smallest absolute Gasteiger partial charge is 0.270 e. The Morgan fingerprint density at radius 1 is 1.17 bits per heavy atom. The number of piperazine rings is 1. The molecule has 0 bridgehead atoms. The second-order valence-corrected chi connectivity index (χ2v) is 9.32. The van der Waals surface area contributed by atoms with Crippen LogP contribution in [0.2, 0.25) is 0 Å². The average molecular weight is 436 g/mol.